The molecule has 0 radical (unpaired) electrons. The third kappa shape index (κ3) is 5.62. The van der Waals surface area contributed by atoms with Gasteiger partial charge in [0.05, 0.1) is 12.4 Å². The average molecular weight is 459 g/mol. The summed E-state index contributed by atoms with van der Waals surface area (Å²) in [5, 5.41) is 9.52. The van der Waals surface area contributed by atoms with Gasteiger partial charge in [-0.15, -0.1) is 10.2 Å². The molecule has 0 aliphatic heterocycles. The standard InChI is InChI=1S/C26H26N4O2S/c1-3-32-23-16-14-20(15-17-23)18-29(2)24(31)19-33-26-28-27-25(21-10-6-4-7-11-21)30(26)22-12-8-5-9-13-22/h4-17H,3,18-19H2,1-2H3. The zero-order valence-corrected chi connectivity index (χ0v) is 19.5. The molecule has 0 N–H and O–H groups in total. The Morgan fingerprint density at radius 1 is 0.939 bits per heavy atom. The summed E-state index contributed by atoms with van der Waals surface area (Å²) in [6.07, 6.45) is 0. The van der Waals surface area contributed by atoms with Crippen molar-refractivity contribution in [2.24, 2.45) is 0 Å². The number of rotatable bonds is 9. The van der Waals surface area contributed by atoms with Crippen molar-refractivity contribution in [1.82, 2.24) is 19.7 Å². The van der Waals surface area contributed by atoms with Crippen LogP contribution in [-0.4, -0.2) is 45.0 Å². The number of para-hydroxylation sites is 1. The summed E-state index contributed by atoms with van der Waals surface area (Å²) < 4.78 is 7.48. The quantitative estimate of drug-likeness (QED) is 0.327. The van der Waals surface area contributed by atoms with Crippen molar-refractivity contribution in [3.05, 3.63) is 90.5 Å². The Morgan fingerprint density at radius 3 is 2.27 bits per heavy atom. The van der Waals surface area contributed by atoms with E-state index in [0.29, 0.717) is 18.3 Å². The minimum absolute atomic E-state index is 0.0257. The molecule has 0 aliphatic carbocycles. The summed E-state index contributed by atoms with van der Waals surface area (Å²) in [7, 11) is 1.82. The molecule has 0 unspecified atom stereocenters. The van der Waals surface area contributed by atoms with Gasteiger partial charge in [0.1, 0.15) is 5.75 Å². The first-order valence-corrected chi connectivity index (χ1v) is 11.8. The van der Waals surface area contributed by atoms with Crippen molar-refractivity contribution in [2.75, 3.05) is 19.4 Å². The van der Waals surface area contributed by atoms with Gasteiger partial charge in [0.2, 0.25) is 5.91 Å². The lowest BCUT2D eigenvalue weighted by Gasteiger charge is -2.17. The van der Waals surface area contributed by atoms with Crippen molar-refractivity contribution in [3.63, 3.8) is 0 Å². The topological polar surface area (TPSA) is 60.2 Å². The first-order valence-electron chi connectivity index (χ1n) is 10.8. The van der Waals surface area contributed by atoms with Crippen molar-refractivity contribution in [3.8, 4) is 22.8 Å². The van der Waals surface area contributed by atoms with Gasteiger partial charge in [-0.2, -0.15) is 0 Å². The Balaban J connectivity index is 1.47. The maximum atomic E-state index is 12.8. The molecule has 0 bridgehead atoms. The van der Waals surface area contributed by atoms with Crippen molar-refractivity contribution in [1.29, 1.82) is 0 Å². The van der Waals surface area contributed by atoms with E-state index in [2.05, 4.69) is 10.2 Å². The summed E-state index contributed by atoms with van der Waals surface area (Å²) in [5.41, 5.74) is 2.98. The number of hydrogen-bond acceptors (Lipinski definition) is 5. The van der Waals surface area contributed by atoms with Gasteiger partial charge in [-0.05, 0) is 36.8 Å². The van der Waals surface area contributed by atoms with Crippen LogP contribution >= 0.6 is 11.8 Å². The molecule has 0 saturated carbocycles. The fourth-order valence-electron chi connectivity index (χ4n) is 3.40. The lowest BCUT2D eigenvalue weighted by Crippen LogP contribution is -2.27. The van der Waals surface area contributed by atoms with Gasteiger partial charge in [0.15, 0.2) is 11.0 Å². The first kappa shape index (κ1) is 22.6. The Labute approximate surface area is 198 Å². The van der Waals surface area contributed by atoms with Crippen LogP contribution in [0.3, 0.4) is 0 Å². The van der Waals surface area contributed by atoms with Crippen LogP contribution in [0.25, 0.3) is 17.1 Å². The number of carbonyl (C=O) groups is 1. The summed E-state index contributed by atoms with van der Waals surface area (Å²) in [4.78, 5) is 14.6. The number of carbonyl (C=O) groups excluding carboxylic acids is 1. The molecule has 0 atom stereocenters. The Hall–Kier alpha value is -3.58. The highest BCUT2D eigenvalue weighted by molar-refractivity contribution is 7.99. The van der Waals surface area contributed by atoms with Crippen LogP contribution in [0.4, 0.5) is 0 Å². The molecular formula is C26H26N4O2S. The second-order valence-corrected chi connectivity index (χ2v) is 8.40. The van der Waals surface area contributed by atoms with Gasteiger partial charge in [-0.1, -0.05) is 72.4 Å². The highest BCUT2D eigenvalue weighted by Crippen LogP contribution is 2.28. The lowest BCUT2D eigenvalue weighted by atomic mass is 10.2. The van der Waals surface area contributed by atoms with Crippen LogP contribution in [0.1, 0.15) is 12.5 Å². The van der Waals surface area contributed by atoms with E-state index in [4.69, 9.17) is 4.74 Å². The third-order valence-corrected chi connectivity index (χ3v) is 6.00. The highest BCUT2D eigenvalue weighted by Gasteiger charge is 2.18. The lowest BCUT2D eigenvalue weighted by molar-refractivity contribution is -0.127. The molecule has 0 aliphatic rings. The molecule has 6 nitrogen and oxygen atoms in total. The molecule has 168 valence electrons. The van der Waals surface area contributed by atoms with Crippen molar-refractivity contribution in [2.45, 2.75) is 18.6 Å². The average Bonchev–Trinajstić information content (AvgIpc) is 3.29. The SMILES string of the molecule is CCOc1ccc(CN(C)C(=O)CSc2nnc(-c3ccccc3)n2-c2ccccc2)cc1. The smallest absolute Gasteiger partial charge is 0.233 e. The maximum Gasteiger partial charge on any atom is 0.233 e. The monoisotopic (exact) mass is 458 g/mol. The fourth-order valence-corrected chi connectivity index (χ4v) is 4.30. The first-order chi connectivity index (χ1) is 16.2. The van der Waals surface area contributed by atoms with Gasteiger partial charge in [0.25, 0.3) is 0 Å². The molecule has 4 aromatic rings. The molecule has 1 amide bonds. The Bertz CT molecular complexity index is 1180. The van der Waals surface area contributed by atoms with Gasteiger partial charge in [0, 0.05) is 24.8 Å². The number of ether oxygens (including phenoxy) is 1. The molecule has 33 heavy (non-hydrogen) atoms. The van der Waals surface area contributed by atoms with E-state index >= 15 is 0 Å². The summed E-state index contributed by atoms with van der Waals surface area (Å²) in [5.74, 6) is 1.88. The Kier molecular flexibility index (Phi) is 7.42. The number of amides is 1. The van der Waals surface area contributed by atoms with Crippen LogP contribution in [0.2, 0.25) is 0 Å². The zero-order valence-electron chi connectivity index (χ0n) is 18.7. The third-order valence-electron chi connectivity index (χ3n) is 5.08. The molecule has 7 heteroatoms. The van der Waals surface area contributed by atoms with Crippen LogP contribution in [0, 0.1) is 0 Å². The van der Waals surface area contributed by atoms with Gasteiger partial charge in [-0.3, -0.25) is 9.36 Å². The Morgan fingerprint density at radius 2 is 1.61 bits per heavy atom. The largest absolute Gasteiger partial charge is 0.494 e. The predicted octanol–water partition coefficient (Wildman–Crippen LogP) is 5.08. The van der Waals surface area contributed by atoms with E-state index in [9.17, 15) is 4.79 Å². The number of benzene rings is 3. The number of thioether (sulfide) groups is 1. The van der Waals surface area contributed by atoms with E-state index in [1.165, 1.54) is 11.8 Å². The molecule has 1 heterocycles. The molecule has 0 saturated heterocycles. The molecule has 3 aromatic carbocycles. The van der Waals surface area contributed by atoms with Crippen LogP contribution < -0.4 is 4.74 Å². The molecule has 0 fully saturated rings. The van der Waals surface area contributed by atoms with E-state index in [1.807, 2.05) is 103 Å². The van der Waals surface area contributed by atoms with Crippen LogP contribution in [0.15, 0.2) is 90.1 Å². The summed E-state index contributed by atoms with van der Waals surface area (Å²) in [6, 6.07) is 27.7. The summed E-state index contributed by atoms with van der Waals surface area (Å²) >= 11 is 1.39. The number of nitrogens with zero attached hydrogens (tertiary/aromatic N) is 4. The highest BCUT2D eigenvalue weighted by atomic mass is 32.2. The predicted molar refractivity (Wildman–Crippen MR) is 132 cm³/mol. The minimum Gasteiger partial charge on any atom is -0.494 e. The number of aromatic nitrogens is 3. The van der Waals surface area contributed by atoms with Crippen LogP contribution in [-0.2, 0) is 11.3 Å². The fraction of sp³-hybridized carbons (Fsp3) is 0.192. The number of hydrogen-bond donors (Lipinski definition) is 0. The molecular weight excluding hydrogens is 432 g/mol. The minimum atomic E-state index is 0.0257. The van der Waals surface area contributed by atoms with Gasteiger partial charge >= 0.3 is 0 Å². The summed E-state index contributed by atoms with van der Waals surface area (Å²) in [6.45, 7) is 3.13. The van der Waals surface area contributed by atoms with E-state index in [0.717, 1.165) is 28.4 Å². The maximum absolute atomic E-state index is 12.8. The molecule has 4 rings (SSSR count). The normalized spacial score (nSPS) is 10.7. The van der Waals surface area contributed by atoms with Crippen molar-refractivity contribution < 1.29 is 9.53 Å². The second kappa shape index (κ2) is 10.8. The van der Waals surface area contributed by atoms with E-state index in [1.54, 1.807) is 4.90 Å². The van der Waals surface area contributed by atoms with Gasteiger partial charge in [-0.25, -0.2) is 0 Å². The molecule has 0 spiro atoms. The van der Waals surface area contributed by atoms with Crippen molar-refractivity contribution >= 4 is 17.7 Å². The van der Waals surface area contributed by atoms with Crippen LogP contribution in [0.5, 0.6) is 5.75 Å². The van der Waals surface area contributed by atoms with E-state index in [-0.39, 0.29) is 11.7 Å². The second-order valence-electron chi connectivity index (χ2n) is 7.46. The van der Waals surface area contributed by atoms with E-state index < -0.39 is 0 Å². The van der Waals surface area contributed by atoms with Gasteiger partial charge < -0.3 is 9.64 Å². The zero-order chi connectivity index (χ0) is 23.0. The molecule has 1 aromatic heterocycles.